The number of pyridine rings is 1. The minimum atomic E-state index is -0.349. The molecule has 0 radical (unpaired) electrons. The molecule has 2 rings (SSSR count). The molecule has 1 aromatic rings. The lowest BCUT2D eigenvalue weighted by molar-refractivity contribution is -0.130. The van der Waals surface area contributed by atoms with E-state index in [9.17, 15) is 4.79 Å². The lowest BCUT2D eigenvalue weighted by atomic mass is 9.86. The van der Waals surface area contributed by atoms with Gasteiger partial charge >= 0.3 is 0 Å². The Hall–Kier alpha value is -1.42. The molecule has 0 amide bonds. The number of carbonyl (C=O) groups is 1. The summed E-state index contributed by atoms with van der Waals surface area (Å²) in [6.07, 6.45) is 6.64. The van der Waals surface area contributed by atoms with Gasteiger partial charge in [-0.15, -0.1) is 0 Å². The highest BCUT2D eigenvalue weighted by atomic mass is 16.1. The second-order valence-corrected chi connectivity index (χ2v) is 5.86. The number of ketones is 1. The zero-order valence-corrected chi connectivity index (χ0v) is 12.6. The van der Waals surface area contributed by atoms with Gasteiger partial charge in [-0.05, 0) is 57.0 Å². The van der Waals surface area contributed by atoms with Crippen molar-refractivity contribution in [1.29, 1.82) is 0 Å². The first-order valence-electron chi connectivity index (χ1n) is 7.55. The van der Waals surface area contributed by atoms with Gasteiger partial charge < -0.3 is 5.73 Å². The summed E-state index contributed by atoms with van der Waals surface area (Å²) in [7, 11) is 0. The molecule has 1 unspecified atom stereocenters. The third-order valence-corrected chi connectivity index (χ3v) is 4.55. The van der Waals surface area contributed by atoms with Crippen molar-refractivity contribution >= 4 is 11.6 Å². The van der Waals surface area contributed by atoms with Crippen LogP contribution in [0.3, 0.4) is 0 Å². The smallest absolute Gasteiger partial charge is 0.157 e. The number of nitrogens with zero attached hydrogens (tertiary/aromatic N) is 2. The summed E-state index contributed by atoms with van der Waals surface area (Å²) in [6, 6.07) is 3.67. The van der Waals surface area contributed by atoms with Gasteiger partial charge in [0.05, 0.1) is 5.54 Å². The Morgan fingerprint density at radius 1 is 1.40 bits per heavy atom. The molecular weight excluding hydrogens is 250 g/mol. The lowest BCUT2D eigenvalue weighted by Gasteiger charge is -2.42. The summed E-state index contributed by atoms with van der Waals surface area (Å²) in [4.78, 5) is 19.1. The van der Waals surface area contributed by atoms with E-state index in [1.54, 1.807) is 12.3 Å². The third-order valence-electron chi connectivity index (χ3n) is 4.55. The standard InChI is InChI=1S/C16H25N3O/c1-3-16(2,19-9-5-4-6-10-19)14(20)11-13-7-8-18-15(17)12-13/h7-8,12H,3-6,9-11H2,1-2H3,(H2,17,18). The summed E-state index contributed by atoms with van der Waals surface area (Å²) in [5, 5.41) is 0. The molecule has 1 aliphatic heterocycles. The molecule has 1 aromatic heterocycles. The third kappa shape index (κ3) is 3.18. The predicted molar refractivity (Wildman–Crippen MR) is 81.5 cm³/mol. The van der Waals surface area contributed by atoms with E-state index >= 15 is 0 Å². The summed E-state index contributed by atoms with van der Waals surface area (Å²) in [6.45, 7) is 6.27. The minimum Gasteiger partial charge on any atom is -0.384 e. The zero-order chi connectivity index (χ0) is 14.6. The molecule has 2 N–H and O–H groups in total. The first-order chi connectivity index (χ1) is 9.56. The van der Waals surface area contributed by atoms with Gasteiger partial charge in [0.25, 0.3) is 0 Å². The maximum Gasteiger partial charge on any atom is 0.157 e. The number of nitrogens with two attached hydrogens (primary N) is 1. The minimum absolute atomic E-state index is 0.285. The number of carbonyl (C=O) groups excluding carboxylic acids is 1. The van der Waals surface area contributed by atoms with E-state index in [4.69, 9.17) is 5.73 Å². The van der Waals surface area contributed by atoms with E-state index < -0.39 is 0 Å². The molecule has 0 saturated carbocycles. The molecular formula is C16H25N3O. The Morgan fingerprint density at radius 2 is 2.10 bits per heavy atom. The molecule has 110 valence electrons. The van der Waals surface area contributed by atoms with Gasteiger partial charge in [0, 0.05) is 12.6 Å². The van der Waals surface area contributed by atoms with E-state index in [1.165, 1.54) is 19.3 Å². The van der Waals surface area contributed by atoms with Crippen molar-refractivity contribution in [2.75, 3.05) is 18.8 Å². The highest BCUT2D eigenvalue weighted by Crippen LogP contribution is 2.26. The van der Waals surface area contributed by atoms with Crippen LogP contribution >= 0.6 is 0 Å². The molecule has 1 aliphatic rings. The number of piperidine rings is 1. The Balaban J connectivity index is 2.11. The average molecular weight is 275 g/mol. The second-order valence-electron chi connectivity index (χ2n) is 5.86. The normalized spacial score (nSPS) is 19.5. The Kier molecular flexibility index (Phi) is 4.76. The molecule has 0 bridgehead atoms. The highest BCUT2D eigenvalue weighted by molar-refractivity contribution is 5.89. The van der Waals surface area contributed by atoms with E-state index in [0.717, 1.165) is 25.1 Å². The molecule has 0 aliphatic carbocycles. The molecule has 4 nitrogen and oxygen atoms in total. The van der Waals surface area contributed by atoms with Crippen LogP contribution in [0.4, 0.5) is 5.82 Å². The summed E-state index contributed by atoms with van der Waals surface area (Å²) in [5.41, 5.74) is 6.29. The Morgan fingerprint density at radius 3 is 2.70 bits per heavy atom. The number of anilines is 1. The molecule has 20 heavy (non-hydrogen) atoms. The number of hydrogen-bond acceptors (Lipinski definition) is 4. The van der Waals surface area contributed by atoms with Crippen LogP contribution in [0.25, 0.3) is 0 Å². The molecule has 1 saturated heterocycles. The van der Waals surface area contributed by atoms with Gasteiger partial charge in [0.15, 0.2) is 5.78 Å². The van der Waals surface area contributed by atoms with Gasteiger partial charge in [-0.1, -0.05) is 13.3 Å². The SMILES string of the molecule is CCC(C)(C(=O)Cc1ccnc(N)c1)N1CCCCC1. The first kappa shape index (κ1) is 15.0. The Labute approximate surface area is 121 Å². The number of aromatic nitrogens is 1. The van der Waals surface area contributed by atoms with Crippen molar-refractivity contribution in [1.82, 2.24) is 9.88 Å². The van der Waals surface area contributed by atoms with Crippen LogP contribution in [0.5, 0.6) is 0 Å². The van der Waals surface area contributed by atoms with Crippen molar-refractivity contribution in [2.45, 2.75) is 51.5 Å². The van der Waals surface area contributed by atoms with Gasteiger partial charge in [-0.3, -0.25) is 9.69 Å². The number of nitrogen functional groups attached to an aromatic ring is 1. The zero-order valence-electron chi connectivity index (χ0n) is 12.6. The van der Waals surface area contributed by atoms with Crippen molar-refractivity contribution in [3.8, 4) is 0 Å². The first-order valence-corrected chi connectivity index (χ1v) is 7.55. The lowest BCUT2D eigenvalue weighted by Crippen LogP contribution is -2.54. The molecule has 2 heterocycles. The van der Waals surface area contributed by atoms with E-state index in [0.29, 0.717) is 12.2 Å². The van der Waals surface area contributed by atoms with Crippen LogP contribution in [-0.2, 0) is 11.2 Å². The fourth-order valence-corrected chi connectivity index (χ4v) is 2.96. The number of hydrogen-bond donors (Lipinski definition) is 1. The quantitative estimate of drug-likeness (QED) is 0.896. The summed E-state index contributed by atoms with van der Waals surface area (Å²) >= 11 is 0. The molecule has 1 fully saturated rings. The van der Waals surface area contributed by atoms with E-state index in [-0.39, 0.29) is 11.3 Å². The van der Waals surface area contributed by atoms with Crippen molar-refractivity contribution in [3.05, 3.63) is 23.9 Å². The second kappa shape index (κ2) is 6.35. The molecule has 0 aromatic carbocycles. The predicted octanol–water partition coefficient (Wildman–Crippen LogP) is 2.43. The fourth-order valence-electron chi connectivity index (χ4n) is 2.96. The number of rotatable bonds is 5. The largest absolute Gasteiger partial charge is 0.384 e. The van der Waals surface area contributed by atoms with Gasteiger partial charge in [0.1, 0.15) is 5.82 Å². The van der Waals surface area contributed by atoms with Crippen molar-refractivity contribution in [3.63, 3.8) is 0 Å². The number of likely N-dealkylation sites (tertiary alicyclic amines) is 1. The molecule has 0 spiro atoms. The van der Waals surface area contributed by atoms with Crippen LogP contribution in [0.2, 0.25) is 0 Å². The monoisotopic (exact) mass is 275 g/mol. The van der Waals surface area contributed by atoms with Gasteiger partial charge in [-0.25, -0.2) is 4.98 Å². The summed E-state index contributed by atoms with van der Waals surface area (Å²) in [5.74, 6) is 0.763. The maximum absolute atomic E-state index is 12.8. The van der Waals surface area contributed by atoms with Crippen LogP contribution in [0, 0.1) is 0 Å². The fraction of sp³-hybridized carbons (Fsp3) is 0.625. The summed E-state index contributed by atoms with van der Waals surface area (Å²) < 4.78 is 0. The van der Waals surface area contributed by atoms with Crippen LogP contribution in [0.1, 0.15) is 45.1 Å². The van der Waals surface area contributed by atoms with Gasteiger partial charge in [0.2, 0.25) is 0 Å². The number of Topliss-reactive ketones (excluding diaryl/α,β-unsaturated/α-hetero) is 1. The van der Waals surface area contributed by atoms with E-state index in [2.05, 4.69) is 23.7 Å². The van der Waals surface area contributed by atoms with Gasteiger partial charge in [-0.2, -0.15) is 0 Å². The van der Waals surface area contributed by atoms with Crippen LogP contribution in [-0.4, -0.2) is 34.3 Å². The van der Waals surface area contributed by atoms with E-state index in [1.807, 2.05) is 6.07 Å². The van der Waals surface area contributed by atoms with Crippen molar-refractivity contribution in [2.24, 2.45) is 0 Å². The average Bonchev–Trinajstić information content (AvgIpc) is 2.47. The molecule has 4 heteroatoms. The topological polar surface area (TPSA) is 59.2 Å². The highest BCUT2D eigenvalue weighted by Gasteiger charge is 2.37. The van der Waals surface area contributed by atoms with Crippen LogP contribution < -0.4 is 5.73 Å². The Bertz CT molecular complexity index is 469. The van der Waals surface area contributed by atoms with Crippen molar-refractivity contribution < 1.29 is 4.79 Å². The maximum atomic E-state index is 12.8. The van der Waals surface area contributed by atoms with Crippen LogP contribution in [0.15, 0.2) is 18.3 Å². The molecule has 1 atom stereocenters.